The fraction of sp³-hybridized carbons (Fsp3) is 0.250. The van der Waals surface area contributed by atoms with Gasteiger partial charge in [-0.1, -0.05) is 90.4 Å². The van der Waals surface area contributed by atoms with Crippen molar-refractivity contribution < 1.29 is 0 Å². The molecule has 0 nitrogen and oxygen atoms in total. The van der Waals surface area contributed by atoms with Crippen molar-refractivity contribution in [3.05, 3.63) is 60.7 Å². The van der Waals surface area contributed by atoms with Crippen molar-refractivity contribution in [2.45, 2.75) is 29.7 Å². The van der Waals surface area contributed by atoms with E-state index in [2.05, 4.69) is 48.5 Å². The first-order valence-corrected chi connectivity index (χ1v) is 4.07. The molecule has 0 aromatic heterocycles. The van der Waals surface area contributed by atoms with E-state index in [0.29, 0.717) is 0 Å². The molecule has 2 rings (SSSR count). The molecule has 0 heteroatoms. The maximum atomic E-state index is 2.12. The first-order chi connectivity index (χ1) is 5.97. The van der Waals surface area contributed by atoms with E-state index >= 15 is 0 Å². The third kappa shape index (κ3) is 4.79. The summed E-state index contributed by atoms with van der Waals surface area (Å²) in [6.45, 7) is 0. The molecule has 0 unspecified atom stereocenters. The molecule has 0 saturated carbocycles. The van der Waals surface area contributed by atoms with Gasteiger partial charge in [0, 0.05) is 0 Å². The highest BCUT2D eigenvalue weighted by atomic mass is 14.0. The maximum absolute atomic E-state index is 2.12. The number of hydrogen-bond donors (Lipinski definition) is 0. The Kier molecular flexibility index (Phi) is 12.4. The Morgan fingerprint density at radius 2 is 0.625 bits per heavy atom. The van der Waals surface area contributed by atoms with Crippen molar-refractivity contribution in [3.63, 3.8) is 0 Å². The van der Waals surface area contributed by atoms with E-state index in [1.807, 2.05) is 12.1 Å². The molecular formula is C16H26. The lowest BCUT2D eigenvalue weighted by molar-refractivity contribution is 1.62. The zero-order chi connectivity index (χ0) is 8.23. The van der Waals surface area contributed by atoms with E-state index in [0.717, 1.165) is 0 Å². The summed E-state index contributed by atoms with van der Waals surface area (Å²) >= 11 is 0. The van der Waals surface area contributed by atoms with Gasteiger partial charge in [0.2, 0.25) is 0 Å². The smallest absolute Gasteiger partial charge is 0.0184 e. The highest BCUT2D eigenvalue weighted by Gasteiger charge is 1.91. The molecule has 90 valence electrons. The van der Waals surface area contributed by atoms with Gasteiger partial charge < -0.3 is 0 Å². The van der Waals surface area contributed by atoms with E-state index < -0.39 is 0 Å². The average Bonchev–Trinajstić information content (AvgIpc) is 2.21. The molecule has 0 aliphatic rings. The van der Waals surface area contributed by atoms with Crippen molar-refractivity contribution in [1.29, 1.82) is 0 Å². The van der Waals surface area contributed by atoms with Crippen molar-refractivity contribution >= 4 is 0 Å². The molecule has 2 aromatic carbocycles. The van der Waals surface area contributed by atoms with Crippen molar-refractivity contribution in [2.24, 2.45) is 0 Å². The Bertz CT molecular complexity index is 297. The fourth-order valence-electron chi connectivity index (χ4n) is 1.26. The molecule has 0 saturated heterocycles. The summed E-state index contributed by atoms with van der Waals surface area (Å²) in [7, 11) is 0. The van der Waals surface area contributed by atoms with Crippen LogP contribution in [-0.4, -0.2) is 0 Å². The molecule has 0 heterocycles. The Balaban J connectivity index is -0.000000422. The second-order valence-corrected chi connectivity index (χ2v) is 2.73. The number of benzene rings is 2. The summed E-state index contributed by atoms with van der Waals surface area (Å²) < 4.78 is 0. The van der Waals surface area contributed by atoms with Gasteiger partial charge in [0.1, 0.15) is 0 Å². The molecule has 0 atom stereocenters. The lowest BCUT2D eigenvalue weighted by Crippen LogP contribution is -1.73. The van der Waals surface area contributed by atoms with Gasteiger partial charge in [-0.3, -0.25) is 0 Å². The predicted octanol–water partition coefficient (Wildman–Crippen LogP) is 5.90. The number of hydrogen-bond acceptors (Lipinski definition) is 0. The van der Waals surface area contributed by atoms with Crippen LogP contribution in [0.5, 0.6) is 0 Å². The monoisotopic (exact) mass is 218 g/mol. The van der Waals surface area contributed by atoms with Crippen molar-refractivity contribution in [1.82, 2.24) is 0 Å². The summed E-state index contributed by atoms with van der Waals surface area (Å²) in [4.78, 5) is 0. The molecule has 0 aliphatic heterocycles. The third-order valence-electron chi connectivity index (χ3n) is 1.88. The molecule has 2 aromatic rings. The minimum absolute atomic E-state index is 0. The third-order valence-corrected chi connectivity index (χ3v) is 1.88. The standard InChI is InChI=1S/C12H10.4CH4/c1-3-7-11(8-4-1)12-9-5-2-6-10-12;;;;/h1-10H;4*1H4. The number of rotatable bonds is 1. The van der Waals surface area contributed by atoms with E-state index in [-0.39, 0.29) is 29.7 Å². The Labute approximate surface area is 102 Å². The molecule has 0 N–H and O–H groups in total. The molecule has 0 radical (unpaired) electrons. The van der Waals surface area contributed by atoms with Gasteiger partial charge in [-0.25, -0.2) is 0 Å². The molecule has 0 aliphatic carbocycles. The van der Waals surface area contributed by atoms with Gasteiger partial charge in [-0.15, -0.1) is 0 Å². The lowest BCUT2D eigenvalue weighted by Gasteiger charge is -1.98. The molecule has 0 spiro atoms. The highest BCUT2D eigenvalue weighted by Crippen LogP contribution is 2.17. The molecule has 16 heavy (non-hydrogen) atoms. The molecule has 0 amide bonds. The largest absolute Gasteiger partial charge is 0.0776 e. The SMILES string of the molecule is C.C.C.C.c1ccc(-c2ccccc2)cc1. The van der Waals surface area contributed by atoms with Crippen LogP contribution in [-0.2, 0) is 0 Å². The first-order valence-electron chi connectivity index (χ1n) is 4.07. The van der Waals surface area contributed by atoms with Crippen LogP contribution in [0.25, 0.3) is 11.1 Å². The summed E-state index contributed by atoms with van der Waals surface area (Å²) in [5.41, 5.74) is 2.55. The second kappa shape index (κ2) is 9.97. The summed E-state index contributed by atoms with van der Waals surface area (Å²) in [5.74, 6) is 0. The highest BCUT2D eigenvalue weighted by molar-refractivity contribution is 5.62. The van der Waals surface area contributed by atoms with Crippen LogP contribution in [0.1, 0.15) is 29.7 Å². The predicted molar refractivity (Wildman–Crippen MR) is 78.8 cm³/mol. The fourth-order valence-corrected chi connectivity index (χ4v) is 1.26. The molecule has 0 bridgehead atoms. The van der Waals surface area contributed by atoms with Crippen LogP contribution in [0.2, 0.25) is 0 Å². The Morgan fingerprint density at radius 1 is 0.375 bits per heavy atom. The normalized spacial score (nSPS) is 7.25. The Hall–Kier alpha value is -1.56. The van der Waals surface area contributed by atoms with Crippen molar-refractivity contribution in [3.8, 4) is 11.1 Å². The second-order valence-electron chi connectivity index (χ2n) is 2.73. The van der Waals surface area contributed by atoms with Crippen LogP contribution in [0.15, 0.2) is 60.7 Å². The zero-order valence-corrected chi connectivity index (χ0v) is 6.77. The van der Waals surface area contributed by atoms with Gasteiger partial charge in [-0.05, 0) is 11.1 Å². The van der Waals surface area contributed by atoms with Crippen LogP contribution in [0.4, 0.5) is 0 Å². The van der Waals surface area contributed by atoms with E-state index in [4.69, 9.17) is 0 Å². The maximum Gasteiger partial charge on any atom is -0.0184 e. The quantitative estimate of drug-likeness (QED) is 0.559. The minimum atomic E-state index is 0. The van der Waals surface area contributed by atoms with Gasteiger partial charge in [0.15, 0.2) is 0 Å². The Morgan fingerprint density at radius 3 is 0.875 bits per heavy atom. The van der Waals surface area contributed by atoms with Crippen LogP contribution >= 0.6 is 0 Å². The van der Waals surface area contributed by atoms with Gasteiger partial charge >= 0.3 is 0 Å². The molecular weight excluding hydrogens is 192 g/mol. The lowest BCUT2D eigenvalue weighted by atomic mass is 10.1. The van der Waals surface area contributed by atoms with Gasteiger partial charge in [-0.2, -0.15) is 0 Å². The summed E-state index contributed by atoms with van der Waals surface area (Å²) in [6.07, 6.45) is 0. The van der Waals surface area contributed by atoms with Gasteiger partial charge in [0.25, 0.3) is 0 Å². The van der Waals surface area contributed by atoms with Crippen LogP contribution < -0.4 is 0 Å². The topological polar surface area (TPSA) is 0 Å². The first kappa shape index (κ1) is 19.9. The van der Waals surface area contributed by atoms with E-state index in [1.54, 1.807) is 0 Å². The van der Waals surface area contributed by atoms with Crippen LogP contribution in [0.3, 0.4) is 0 Å². The van der Waals surface area contributed by atoms with Gasteiger partial charge in [0.05, 0.1) is 0 Å². The van der Waals surface area contributed by atoms with E-state index in [9.17, 15) is 0 Å². The summed E-state index contributed by atoms with van der Waals surface area (Å²) in [6, 6.07) is 20.8. The van der Waals surface area contributed by atoms with Crippen LogP contribution in [0, 0.1) is 0 Å². The van der Waals surface area contributed by atoms with Crippen molar-refractivity contribution in [2.75, 3.05) is 0 Å². The molecule has 0 fully saturated rings. The average molecular weight is 218 g/mol. The van der Waals surface area contributed by atoms with E-state index in [1.165, 1.54) is 11.1 Å². The zero-order valence-electron chi connectivity index (χ0n) is 6.77. The minimum Gasteiger partial charge on any atom is -0.0776 e. The summed E-state index contributed by atoms with van der Waals surface area (Å²) in [5, 5.41) is 0.